The van der Waals surface area contributed by atoms with E-state index in [4.69, 9.17) is 0 Å². The number of halogens is 1. The third-order valence-corrected chi connectivity index (χ3v) is 1.46. The van der Waals surface area contributed by atoms with Crippen molar-refractivity contribution in [2.75, 3.05) is 7.11 Å². The van der Waals surface area contributed by atoms with Crippen LogP contribution in [-0.4, -0.2) is 13.1 Å². The first-order chi connectivity index (χ1) is 5.74. The van der Waals surface area contributed by atoms with Crippen molar-refractivity contribution in [3.8, 4) is 0 Å². The Hall–Kier alpha value is -1.38. The quantitative estimate of drug-likeness (QED) is 0.489. The second-order valence-electron chi connectivity index (χ2n) is 2.43. The Balaban J connectivity index is 2.89. The van der Waals surface area contributed by atoms with Gasteiger partial charge in [-0.15, -0.1) is 0 Å². The molecule has 0 heterocycles. The molecule has 0 amide bonds. The van der Waals surface area contributed by atoms with Crippen LogP contribution >= 0.6 is 0 Å². The molecule has 0 bridgehead atoms. The number of benzene rings is 1. The van der Waals surface area contributed by atoms with E-state index in [0.29, 0.717) is 5.56 Å². The van der Waals surface area contributed by atoms with Crippen LogP contribution in [0.4, 0.5) is 4.39 Å². The highest BCUT2D eigenvalue weighted by molar-refractivity contribution is 5.92. The maximum Gasteiger partial charge on any atom is 0.256 e. The van der Waals surface area contributed by atoms with Gasteiger partial charge in [0.15, 0.2) is 0 Å². The zero-order chi connectivity index (χ0) is 8.97. The summed E-state index contributed by atoms with van der Waals surface area (Å²) in [6.07, 6.45) is 0. The molecule has 0 saturated heterocycles. The lowest BCUT2D eigenvalue weighted by Crippen LogP contribution is -1.92. The number of aryl methyl sites for hydroxylation is 1. The highest BCUT2D eigenvalue weighted by Gasteiger charge is 2.00. The molecule has 0 unspecified atom stereocenters. The molecule has 1 aromatic rings. The molecule has 12 heavy (non-hydrogen) atoms. The summed E-state index contributed by atoms with van der Waals surface area (Å²) in [5.74, 6) is -0.600. The molecule has 1 aromatic carbocycles. The number of oxime groups is 1. The van der Waals surface area contributed by atoms with Crippen LogP contribution in [0.15, 0.2) is 29.4 Å². The fourth-order valence-electron chi connectivity index (χ4n) is 0.824. The second kappa shape index (κ2) is 3.85. The first kappa shape index (κ1) is 8.71. The summed E-state index contributed by atoms with van der Waals surface area (Å²) >= 11 is 0. The topological polar surface area (TPSA) is 21.6 Å². The van der Waals surface area contributed by atoms with E-state index in [0.717, 1.165) is 5.56 Å². The zero-order valence-corrected chi connectivity index (χ0v) is 7.04. The van der Waals surface area contributed by atoms with Gasteiger partial charge in [-0.3, -0.25) is 0 Å². The van der Waals surface area contributed by atoms with E-state index in [1.165, 1.54) is 7.11 Å². The molecule has 2 nitrogen and oxygen atoms in total. The van der Waals surface area contributed by atoms with Crippen molar-refractivity contribution in [1.82, 2.24) is 0 Å². The van der Waals surface area contributed by atoms with E-state index in [9.17, 15) is 4.39 Å². The second-order valence-corrected chi connectivity index (χ2v) is 2.43. The lowest BCUT2D eigenvalue weighted by Gasteiger charge is -1.96. The van der Waals surface area contributed by atoms with E-state index in [-0.39, 0.29) is 0 Å². The van der Waals surface area contributed by atoms with Crippen molar-refractivity contribution < 1.29 is 9.23 Å². The van der Waals surface area contributed by atoms with Crippen LogP contribution in [0, 0.1) is 6.92 Å². The van der Waals surface area contributed by atoms with Crippen LogP contribution < -0.4 is 0 Å². The molecule has 0 aliphatic heterocycles. The Labute approximate surface area is 70.7 Å². The first-order valence-corrected chi connectivity index (χ1v) is 3.57. The minimum absolute atomic E-state index is 0.433. The summed E-state index contributed by atoms with van der Waals surface area (Å²) in [5, 5.41) is 3.17. The van der Waals surface area contributed by atoms with Gasteiger partial charge in [-0.25, -0.2) is 0 Å². The fraction of sp³-hybridized carbons (Fsp3) is 0.222. The van der Waals surface area contributed by atoms with E-state index >= 15 is 0 Å². The molecule has 3 heteroatoms. The van der Waals surface area contributed by atoms with Crippen LogP contribution in [0.3, 0.4) is 0 Å². The van der Waals surface area contributed by atoms with E-state index < -0.39 is 5.97 Å². The Morgan fingerprint density at radius 3 is 2.42 bits per heavy atom. The van der Waals surface area contributed by atoms with Crippen molar-refractivity contribution in [3.05, 3.63) is 35.4 Å². The van der Waals surface area contributed by atoms with Crippen molar-refractivity contribution in [1.29, 1.82) is 0 Å². The summed E-state index contributed by atoms with van der Waals surface area (Å²) in [7, 11) is 1.31. The van der Waals surface area contributed by atoms with Gasteiger partial charge in [-0.1, -0.05) is 35.0 Å². The summed E-state index contributed by atoms with van der Waals surface area (Å²) in [6.45, 7) is 1.94. The van der Waals surface area contributed by atoms with Crippen molar-refractivity contribution in [2.24, 2.45) is 5.16 Å². The van der Waals surface area contributed by atoms with Gasteiger partial charge in [-0.05, 0) is 6.92 Å². The highest BCUT2D eigenvalue weighted by atomic mass is 19.1. The SMILES string of the molecule is CO/N=C(\F)c1ccc(C)cc1. The van der Waals surface area contributed by atoms with Gasteiger partial charge in [-0.2, -0.15) is 4.39 Å². The predicted molar refractivity (Wildman–Crippen MR) is 45.8 cm³/mol. The summed E-state index contributed by atoms with van der Waals surface area (Å²) in [6, 6.07) is 6.96. The normalized spacial score (nSPS) is 11.4. The largest absolute Gasteiger partial charge is 0.397 e. The highest BCUT2D eigenvalue weighted by Crippen LogP contribution is 2.05. The van der Waals surface area contributed by atoms with Crippen molar-refractivity contribution >= 4 is 5.97 Å². The van der Waals surface area contributed by atoms with Crippen LogP contribution in [0.25, 0.3) is 0 Å². The maximum absolute atomic E-state index is 12.9. The molecule has 0 spiro atoms. The number of hydrogen-bond donors (Lipinski definition) is 0. The Morgan fingerprint density at radius 1 is 1.33 bits per heavy atom. The molecule has 0 radical (unpaired) electrons. The molecule has 0 aliphatic rings. The molecule has 0 aromatic heterocycles. The van der Waals surface area contributed by atoms with Gasteiger partial charge in [0.05, 0.1) is 0 Å². The standard InChI is InChI=1S/C9H10FNO/c1-7-3-5-8(6-4-7)9(10)11-12-2/h3-6H,1-2H3/b11-9-. The lowest BCUT2D eigenvalue weighted by atomic mass is 10.2. The van der Waals surface area contributed by atoms with Crippen LogP contribution in [0.1, 0.15) is 11.1 Å². The molecule has 0 N–H and O–H groups in total. The van der Waals surface area contributed by atoms with E-state index in [2.05, 4.69) is 9.99 Å². The molecule has 0 aliphatic carbocycles. The van der Waals surface area contributed by atoms with Gasteiger partial charge in [0, 0.05) is 5.56 Å². The van der Waals surface area contributed by atoms with Gasteiger partial charge >= 0.3 is 0 Å². The molecule has 64 valence electrons. The molecular formula is C9H10FNO. The van der Waals surface area contributed by atoms with Crippen LogP contribution in [-0.2, 0) is 4.84 Å². The summed E-state index contributed by atoms with van der Waals surface area (Å²) in [4.78, 5) is 4.30. The van der Waals surface area contributed by atoms with E-state index in [1.54, 1.807) is 12.1 Å². The first-order valence-electron chi connectivity index (χ1n) is 3.57. The molecule has 0 fully saturated rings. The minimum Gasteiger partial charge on any atom is -0.397 e. The smallest absolute Gasteiger partial charge is 0.256 e. The van der Waals surface area contributed by atoms with Gasteiger partial charge in [0.1, 0.15) is 7.11 Å². The van der Waals surface area contributed by atoms with Crippen molar-refractivity contribution in [2.45, 2.75) is 6.92 Å². The van der Waals surface area contributed by atoms with Gasteiger partial charge in [0.2, 0.25) is 0 Å². The van der Waals surface area contributed by atoms with Crippen LogP contribution in [0.2, 0.25) is 0 Å². The Morgan fingerprint density at radius 2 is 1.92 bits per heavy atom. The average Bonchev–Trinajstić information content (AvgIpc) is 2.06. The molecule has 0 atom stereocenters. The molecular weight excluding hydrogens is 157 g/mol. The van der Waals surface area contributed by atoms with Gasteiger partial charge < -0.3 is 4.84 Å². The molecule has 1 rings (SSSR count). The zero-order valence-electron chi connectivity index (χ0n) is 7.04. The number of hydrogen-bond acceptors (Lipinski definition) is 2. The minimum atomic E-state index is -0.600. The third kappa shape index (κ3) is 2.05. The number of rotatable bonds is 2. The van der Waals surface area contributed by atoms with Gasteiger partial charge in [0.25, 0.3) is 5.97 Å². The Kier molecular flexibility index (Phi) is 2.80. The number of nitrogens with zero attached hydrogens (tertiary/aromatic N) is 1. The molecule has 0 saturated carbocycles. The predicted octanol–water partition coefficient (Wildman–Crippen LogP) is 2.27. The summed E-state index contributed by atoms with van der Waals surface area (Å²) in [5.41, 5.74) is 1.52. The van der Waals surface area contributed by atoms with Crippen molar-refractivity contribution in [3.63, 3.8) is 0 Å². The Bertz CT molecular complexity index is 279. The summed E-state index contributed by atoms with van der Waals surface area (Å²) < 4.78 is 12.9. The maximum atomic E-state index is 12.9. The van der Waals surface area contributed by atoms with Crippen LogP contribution in [0.5, 0.6) is 0 Å². The van der Waals surface area contributed by atoms with E-state index in [1.807, 2.05) is 19.1 Å². The fourth-order valence-corrected chi connectivity index (χ4v) is 0.824. The third-order valence-electron chi connectivity index (χ3n) is 1.46. The average molecular weight is 167 g/mol. The monoisotopic (exact) mass is 167 g/mol. The lowest BCUT2D eigenvalue weighted by molar-refractivity contribution is 0.209.